The van der Waals surface area contributed by atoms with Gasteiger partial charge in [-0.3, -0.25) is 4.79 Å². The number of fused-ring (bicyclic) bond motifs is 1. The van der Waals surface area contributed by atoms with Crippen molar-refractivity contribution in [3.05, 3.63) is 58.1 Å². The van der Waals surface area contributed by atoms with Gasteiger partial charge in [0.25, 0.3) is 0 Å². The van der Waals surface area contributed by atoms with Gasteiger partial charge in [0, 0.05) is 17.6 Å². The average Bonchev–Trinajstić information content (AvgIpc) is 2.94. The van der Waals surface area contributed by atoms with Crippen LogP contribution in [0.3, 0.4) is 0 Å². The van der Waals surface area contributed by atoms with Crippen molar-refractivity contribution in [3.63, 3.8) is 0 Å². The van der Waals surface area contributed by atoms with E-state index in [1.54, 1.807) is 11.3 Å². The Bertz CT molecular complexity index is 799. The number of aromatic nitrogens is 1. The third kappa shape index (κ3) is 2.47. The minimum atomic E-state index is -0.775. The number of rotatable bonds is 4. The lowest BCUT2D eigenvalue weighted by Crippen LogP contribution is -2.05. The molecule has 21 heavy (non-hydrogen) atoms. The Morgan fingerprint density at radius 1 is 1.24 bits per heavy atom. The number of carboxylic acid groups (broad SMARTS) is 1. The second-order valence-electron chi connectivity index (χ2n) is 5.31. The van der Waals surface area contributed by atoms with Crippen LogP contribution in [0.2, 0.25) is 0 Å². The van der Waals surface area contributed by atoms with Gasteiger partial charge < -0.3 is 9.67 Å². The first-order chi connectivity index (χ1) is 10.1. The first kappa shape index (κ1) is 13.9. The summed E-state index contributed by atoms with van der Waals surface area (Å²) in [4.78, 5) is 12.3. The Morgan fingerprint density at radius 2 is 1.95 bits per heavy atom. The Balaban J connectivity index is 2.14. The van der Waals surface area contributed by atoms with Crippen molar-refractivity contribution in [2.45, 2.75) is 26.8 Å². The van der Waals surface area contributed by atoms with Gasteiger partial charge in [0.2, 0.25) is 0 Å². The van der Waals surface area contributed by atoms with Crippen LogP contribution in [0, 0.1) is 13.8 Å². The van der Waals surface area contributed by atoms with Crippen LogP contribution in [0.25, 0.3) is 10.2 Å². The van der Waals surface area contributed by atoms with Gasteiger partial charge in [0.1, 0.15) is 4.83 Å². The highest BCUT2D eigenvalue weighted by Crippen LogP contribution is 2.34. The molecule has 2 aromatic heterocycles. The highest BCUT2D eigenvalue weighted by Gasteiger charge is 2.19. The number of aliphatic carboxylic acids is 1. The SMILES string of the molecule is Cc1csc2c1c(CC(=O)O)c(C)n2Cc1ccccc1. The molecule has 0 spiro atoms. The zero-order chi connectivity index (χ0) is 15.0. The fourth-order valence-electron chi connectivity index (χ4n) is 2.82. The van der Waals surface area contributed by atoms with Crippen LogP contribution >= 0.6 is 11.3 Å². The molecule has 0 saturated heterocycles. The number of nitrogens with zero attached hydrogens (tertiary/aromatic N) is 1. The standard InChI is InChI=1S/C17H17NO2S/c1-11-10-21-17-16(11)14(8-15(19)20)12(2)18(17)9-13-6-4-3-5-7-13/h3-7,10H,8-9H2,1-2H3,(H,19,20). The summed E-state index contributed by atoms with van der Waals surface area (Å²) >= 11 is 1.69. The van der Waals surface area contributed by atoms with E-state index < -0.39 is 5.97 Å². The molecule has 0 bridgehead atoms. The van der Waals surface area contributed by atoms with Gasteiger partial charge in [-0.25, -0.2) is 0 Å². The van der Waals surface area contributed by atoms with Crippen LogP contribution in [0.4, 0.5) is 0 Å². The molecule has 4 heteroatoms. The zero-order valence-corrected chi connectivity index (χ0v) is 12.9. The molecule has 0 atom stereocenters. The molecule has 108 valence electrons. The van der Waals surface area contributed by atoms with Gasteiger partial charge in [0.15, 0.2) is 0 Å². The first-order valence-electron chi connectivity index (χ1n) is 6.89. The van der Waals surface area contributed by atoms with Gasteiger partial charge in [0.05, 0.1) is 6.42 Å². The summed E-state index contributed by atoms with van der Waals surface area (Å²) in [5, 5.41) is 12.4. The van der Waals surface area contributed by atoms with Crippen molar-refractivity contribution in [1.82, 2.24) is 4.57 Å². The second kappa shape index (κ2) is 5.37. The molecule has 0 amide bonds. The van der Waals surface area contributed by atoms with Crippen molar-refractivity contribution >= 4 is 27.5 Å². The third-order valence-corrected chi connectivity index (χ3v) is 4.97. The predicted octanol–water partition coefficient (Wildman–Crippen LogP) is 4.00. The van der Waals surface area contributed by atoms with E-state index in [-0.39, 0.29) is 6.42 Å². The van der Waals surface area contributed by atoms with E-state index in [2.05, 4.69) is 29.0 Å². The summed E-state index contributed by atoms with van der Waals surface area (Å²) < 4.78 is 2.24. The fraction of sp³-hybridized carbons (Fsp3) is 0.235. The van der Waals surface area contributed by atoms with Crippen molar-refractivity contribution in [3.8, 4) is 0 Å². The van der Waals surface area contributed by atoms with Gasteiger partial charge >= 0.3 is 5.97 Å². The Kier molecular flexibility index (Phi) is 3.55. The van der Waals surface area contributed by atoms with E-state index >= 15 is 0 Å². The number of thiophene rings is 1. The Hall–Kier alpha value is -2.07. The van der Waals surface area contributed by atoms with Crippen LogP contribution in [0.1, 0.15) is 22.4 Å². The van der Waals surface area contributed by atoms with Crippen molar-refractivity contribution in [2.75, 3.05) is 0 Å². The van der Waals surface area contributed by atoms with Crippen molar-refractivity contribution in [2.24, 2.45) is 0 Å². The summed E-state index contributed by atoms with van der Waals surface area (Å²) in [6.07, 6.45) is 0.0850. The lowest BCUT2D eigenvalue weighted by atomic mass is 10.1. The normalized spacial score (nSPS) is 11.1. The van der Waals surface area contributed by atoms with Crippen molar-refractivity contribution < 1.29 is 9.90 Å². The lowest BCUT2D eigenvalue weighted by Gasteiger charge is -2.08. The highest BCUT2D eigenvalue weighted by molar-refractivity contribution is 7.17. The number of hydrogen-bond donors (Lipinski definition) is 1. The summed E-state index contributed by atoms with van der Waals surface area (Å²) in [5.74, 6) is -0.775. The van der Waals surface area contributed by atoms with Crippen LogP contribution < -0.4 is 0 Å². The van der Waals surface area contributed by atoms with E-state index in [1.165, 1.54) is 16.0 Å². The maximum absolute atomic E-state index is 11.2. The number of aryl methyl sites for hydroxylation is 1. The summed E-state index contributed by atoms with van der Waals surface area (Å²) in [6.45, 7) is 4.85. The van der Waals surface area contributed by atoms with Gasteiger partial charge in [-0.2, -0.15) is 0 Å². The van der Waals surface area contributed by atoms with E-state index in [1.807, 2.05) is 25.1 Å². The molecule has 0 fully saturated rings. The number of carbonyl (C=O) groups is 1. The predicted molar refractivity (Wildman–Crippen MR) is 86.2 cm³/mol. The van der Waals surface area contributed by atoms with Crippen molar-refractivity contribution in [1.29, 1.82) is 0 Å². The molecule has 0 aliphatic rings. The molecule has 0 radical (unpaired) electrons. The molecule has 3 aromatic rings. The molecule has 3 rings (SSSR count). The third-order valence-electron chi connectivity index (χ3n) is 3.86. The summed E-state index contributed by atoms with van der Waals surface area (Å²) in [5.41, 5.74) is 4.41. The molecule has 2 heterocycles. The molecule has 1 aromatic carbocycles. The maximum Gasteiger partial charge on any atom is 0.307 e. The lowest BCUT2D eigenvalue weighted by molar-refractivity contribution is -0.136. The topological polar surface area (TPSA) is 42.2 Å². The molecule has 0 aliphatic heterocycles. The monoisotopic (exact) mass is 299 g/mol. The highest BCUT2D eigenvalue weighted by atomic mass is 32.1. The number of hydrogen-bond acceptors (Lipinski definition) is 2. The molecular weight excluding hydrogens is 282 g/mol. The Morgan fingerprint density at radius 3 is 2.62 bits per heavy atom. The smallest absolute Gasteiger partial charge is 0.307 e. The van der Waals surface area contributed by atoms with E-state index in [0.717, 1.165) is 23.2 Å². The summed E-state index contributed by atoms with van der Waals surface area (Å²) in [7, 11) is 0. The van der Waals surface area contributed by atoms with Crippen LogP contribution in [-0.2, 0) is 17.8 Å². The molecule has 1 N–H and O–H groups in total. The van der Waals surface area contributed by atoms with E-state index in [0.29, 0.717) is 0 Å². The molecule has 0 saturated carbocycles. The number of carboxylic acids is 1. The summed E-state index contributed by atoms with van der Waals surface area (Å²) in [6, 6.07) is 10.3. The fourth-order valence-corrected chi connectivity index (χ4v) is 3.95. The zero-order valence-electron chi connectivity index (χ0n) is 12.1. The minimum absolute atomic E-state index is 0.0850. The van der Waals surface area contributed by atoms with Gasteiger partial charge in [-0.05, 0) is 35.9 Å². The van der Waals surface area contributed by atoms with E-state index in [4.69, 9.17) is 0 Å². The van der Waals surface area contributed by atoms with Crippen LogP contribution in [0.15, 0.2) is 35.7 Å². The molecule has 3 nitrogen and oxygen atoms in total. The first-order valence-corrected chi connectivity index (χ1v) is 7.77. The van der Waals surface area contributed by atoms with Gasteiger partial charge in [-0.15, -0.1) is 11.3 Å². The average molecular weight is 299 g/mol. The molecule has 0 aliphatic carbocycles. The second-order valence-corrected chi connectivity index (χ2v) is 6.16. The molecular formula is C17H17NO2S. The molecule has 0 unspecified atom stereocenters. The minimum Gasteiger partial charge on any atom is -0.481 e. The quantitative estimate of drug-likeness (QED) is 0.791. The Labute approximate surface area is 127 Å². The number of benzene rings is 1. The largest absolute Gasteiger partial charge is 0.481 e. The van der Waals surface area contributed by atoms with Crippen LogP contribution in [-0.4, -0.2) is 15.6 Å². The maximum atomic E-state index is 11.2. The van der Waals surface area contributed by atoms with Crippen LogP contribution in [0.5, 0.6) is 0 Å². The van der Waals surface area contributed by atoms with Gasteiger partial charge in [-0.1, -0.05) is 30.3 Å². The van der Waals surface area contributed by atoms with E-state index in [9.17, 15) is 9.90 Å².